The van der Waals surface area contributed by atoms with Crippen LogP contribution in [0.1, 0.15) is 29.4 Å². The van der Waals surface area contributed by atoms with Crippen LogP contribution in [0.25, 0.3) is 11.8 Å². The van der Waals surface area contributed by atoms with Crippen LogP contribution in [-0.2, 0) is 4.79 Å². The summed E-state index contributed by atoms with van der Waals surface area (Å²) in [6, 6.07) is 13.7. The summed E-state index contributed by atoms with van der Waals surface area (Å²) in [4.78, 5) is 12.5. The number of hydrogen-bond donors (Lipinski definition) is 1. The SMILES string of the molecule is C/C=C/c1ccc(OCC(=O)Nc2c(C)nn(-c3ccc(C)cc3)c2C)c(OC)c1. The number of carbonyl (C=O) groups is 1. The van der Waals surface area contributed by atoms with Crippen molar-refractivity contribution in [3.8, 4) is 17.2 Å². The average molecular weight is 405 g/mol. The van der Waals surface area contributed by atoms with Gasteiger partial charge < -0.3 is 14.8 Å². The Bertz CT molecular complexity index is 1070. The summed E-state index contributed by atoms with van der Waals surface area (Å²) in [7, 11) is 1.58. The molecule has 30 heavy (non-hydrogen) atoms. The minimum absolute atomic E-state index is 0.131. The van der Waals surface area contributed by atoms with E-state index in [-0.39, 0.29) is 12.5 Å². The van der Waals surface area contributed by atoms with E-state index in [4.69, 9.17) is 9.47 Å². The van der Waals surface area contributed by atoms with Gasteiger partial charge in [0.1, 0.15) is 0 Å². The minimum Gasteiger partial charge on any atom is -0.493 e. The number of aryl methyl sites for hydroxylation is 2. The standard InChI is InChI=1S/C24H27N3O3/c1-6-7-19-10-13-21(22(14-19)29-5)30-15-23(28)25-24-17(3)26-27(18(24)4)20-11-8-16(2)9-12-20/h6-14H,15H2,1-5H3,(H,25,28)/b7-6+. The Morgan fingerprint density at radius 1 is 1.10 bits per heavy atom. The first-order chi connectivity index (χ1) is 14.4. The molecular formula is C24H27N3O3. The third-order valence-corrected chi connectivity index (χ3v) is 4.74. The van der Waals surface area contributed by atoms with Gasteiger partial charge in [0, 0.05) is 0 Å². The highest BCUT2D eigenvalue weighted by atomic mass is 16.5. The Kier molecular flexibility index (Phi) is 6.57. The summed E-state index contributed by atoms with van der Waals surface area (Å²) in [5, 5.41) is 7.49. The number of benzene rings is 2. The van der Waals surface area contributed by atoms with E-state index >= 15 is 0 Å². The Balaban J connectivity index is 1.70. The quantitative estimate of drug-likeness (QED) is 0.610. The number of rotatable bonds is 7. The molecule has 0 aliphatic carbocycles. The Hall–Kier alpha value is -3.54. The predicted molar refractivity (Wildman–Crippen MR) is 120 cm³/mol. The maximum atomic E-state index is 12.5. The third kappa shape index (κ3) is 4.71. The molecule has 0 saturated heterocycles. The number of hydrogen-bond acceptors (Lipinski definition) is 4. The van der Waals surface area contributed by atoms with E-state index in [2.05, 4.69) is 10.4 Å². The van der Waals surface area contributed by atoms with Gasteiger partial charge in [-0.25, -0.2) is 4.68 Å². The number of anilines is 1. The molecule has 0 aliphatic rings. The van der Waals surface area contributed by atoms with Gasteiger partial charge in [-0.3, -0.25) is 4.79 Å². The van der Waals surface area contributed by atoms with Gasteiger partial charge in [-0.15, -0.1) is 0 Å². The van der Waals surface area contributed by atoms with Crippen LogP contribution in [-0.4, -0.2) is 29.4 Å². The molecule has 156 valence electrons. The predicted octanol–water partition coefficient (Wildman–Crippen LogP) is 4.86. The molecule has 6 heteroatoms. The summed E-state index contributed by atoms with van der Waals surface area (Å²) in [6.07, 6.45) is 3.92. The van der Waals surface area contributed by atoms with Gasteiger partial charge in [-0.2, -0.15) is 5.10 Å². The second-order valence-electron chi connectivity index (χ2n) is 7.04. The maximum absolute atomic E-state index is 12.5. The number of amides is 1. The van der Waals surface area contributed by atoms with E-state index in [1.54, 1.807) is 13.2 Å². The first-order valence-corrected chi connectivity index (χ1v) is 9.79. The minimum atomic E-state index is -0.260. The highest BCUT2D eigenvalue weighted by molar-refractivity contribution is 5.93. The summed E-state index contributed by atoms with van der Waals surface area (Å²) in [5.74, 6) is 0.840. The molecule has 3 aromatic rings. The number of methoxy groups -OCH3 is 1. The molecule has 0 unspecified atom stereocenters. The fourth-order valence-corrected chi connectivity index (χ4v) is 3.18. The topological polar surface area (TPSA) is 65.4 Å². The van der Waals surface area contributed by atoms with E-state index in [0.717, 1.165) is 22.6 Å². The van der Waals surface area contributed by atoms with Gasteiger partial charge in [0.2, 0.25) is 0 Å². The van der Waals surface area contributed by atoms with Gasteiger partial charge in [0.05, 0.1) is 29.9 Å². The summed E-state index contributed by atoms with van der Waals surface area (Å²) < 4.78 is 12.9. The number of ether oxygens (including phenoxy) is 2. The molecular weight excluding hydrogens is 378 g/mol. The highest BCUT2D eigenvalue weighted by Gasteiger charge is 2.16. The van der Waals surface area contributed by atoms with Gasteiger partial charge >= 0.3 is 0 Å². The van der Waals surface area contributed by atoms with Gasteiger partial charge in [0.15, 0.2) is 18.1 Å². The Morgan fingerprint density at radius 3 is 2.50 bits per heavy atom. The van der Waals surface area contributed by atoms with E-state index < -0.39 is 0 Å². The van der Waals surface area contributed by atoms with Crippen LogP contribution >= 0.6 is 0 Å². The third-order valence-electron chi connectivity index (χ3n) is 4.74. The first-order valence-electron chi connectivity index (χ1n) is 9.79. The number of carbonyl (C=O) groups excluding carboxylic acids is 1. The molecule has 6 nitrogen and oxygen atoms in total. The lowest BCUT2D eigenvalue weighted by Crippen LogP contribution is -2.21. The van der Waals surface area contributed by atoms with Crippen molar-refractivity contribution in [2.45, 2.75) is 27.7 Å². The summed E-state index contributed by atoms with van der Waals surface area (Å²) >= 11 is 0. The Morgan fingerprint density at radius 2 is 1.83 bits per heavy atom. The monoisotopic (exact) mass is 405 g/mol. The molecule has 0 fully saturated rings. The molecule has 1 heterocycles. The van der Waals surface area contributed by atoms with Crippen LogP contribution in [0.5, 0.6) is 11.5 Å². The zero-order chi connectivity index (χ0) is 21.7. The van der Waals surface area contributed by atoms with Gasteiger partial charge in [-0.05, 0) is 57.5 Å². The van der Waals surface area contributed by atoms with Crippen LogP contribution in [0.4, 0.5) is 5.69 Å². The number of nitrogens with one attached hydrogen (secondary N) is 1. The summed E-state index contributed by atoms with van der Waals surface area (Å²) in [6.45, 7) is 7.66. The van der Waals surface area contributed by atoms with E-state index in [1.165, 1.54) is 5.56 Å². The van der Waals surface area contributed by atoms with Crippen molar-refractivity contribution >= 4 is 17.7 Å². The number of allylic oxidation sites excluding steroid dienone is 1. The van der Waals surface area contributed by atoms with E-state index in [0.29, 0.717) is 17.2 Å². The summed E-state index contributed by atoms with van der Waals surface area (Å²) in [5.41, 5.74) is 5.43. The fraction of sp³-hybridized carbons (Fsp3) is 0.250. The normalized spacial score (nSPS) is 11.0. The lowest BCUT2D eigenvalue weighted by atomic mass is 10.2. The van der Waals surface area contributed by atoms with Crippen molar-refractivity contribution in [1.29, 1.82) is 0 Å². The smallest absolute Gasteiger partial charge is 0.262 e. The van der Waals surface area contributed by atoms with Crippen molar-refractivity contribution in [3.05, 3.63) is 71.1 Å². The van der Waals surface area contributed by atoms with Crippen LogP contribution < -0.4 is 14.8 Å². The zero-order valence-corrected chi connectivity index (χ0v) is 18.0. The van der Waals surface area contributed by atoms with Crippen LogP contribution in [0.3, 0.4) is 0 Å². The van der Waals surface area contributed by atoms with Crippen LogP contribution in [0.15, 0.2) is 48.5 Å². The van der Waals surface area contributed by atoms with Crippen molar-refractivity contribution in [1.82, 2.24) is 9.78 Å². The Labute approximate surface area is 177 Å². The largest absolute Gasteiger partial charge is 0.493 e. The molecule has 1 amide bonds. The molecule has 0 spiro atoms. The molecule has 2 aromatic carbocycles. The van der Waals surface area contributed by atoms with Crippen molar-refractivity contribution < 1.29 is 14.3 Å². The van der Waals surface area contributed by atoms with Crippen LogP contribution in [0, 0.1) is 20.8 Å². The average Bonchev–Trinajstić information content (AvgIpc) is 3.01. The highest BCUT2D eigenvalue weighted by Crippen LogP contribution is 2.29. The van der Waals surface area contributed by atoms with Crippen molar-refractivity contribution in [3.63, 3.8) is 0 Å². The molecule has 0 bridgehead atoms. The molecule has 0 saturated carbocycles. The lowest BCUT2D eigenvalue weighted by molar-refractivity contribution is -0.118. The molecule has 1 N–H and O–H groups in total. The lowest BCUT2D eigenvalue weighted by Gasteiger charge is -2.12. The van der Waals surface area contributed by atoms with Crippen molar-refractivity contribution in [2.24, 2.45) is 0 Å². The molecule has 0 aliphatic heterocycles. The number of aromatic nitrogens is 2. The van der Waals surface area contributed by atoms with Crippen LogP contribution in [0.2, 0.25) is 0 Å². The zero-order valence-electron chi connectivity index (χ0n) is 18.0. The van der Waals surface area contributed by atoms with Gasteiger partial charge in [0.25, 0.3) is 5.91 Å². The second kappa shape index (κ2) is 9.31. The van der Waals surface area contributed by atoms with E-state index in [1.807, 2.05) is 80.9 Å². The van der Waals surface area contributed by atoms with Gasteiger partial charge in [-0.1, -0.05) is 35.9 Å². The molecule has 1 aromatic heterocycles. The fourth-order valence-electron chi connectivity index (χ4n) is 3.18. The van der Waals surface area contributed by atoms with Crippen molar-refractivity contribution in [2.75, 3.05) is 19.0 Å². The molecule has 0 atom stereocenters. The first kappa shape index (κ1) is 21.2. The second-order valence-corrected chi connectivity index (χ2v) is 7.04. The molecule has 3 rings (SSSR count). The molecule has 0 radical (unpaired) electrons. The number of nitrogens with zero attached hydrogens (tertiary/aromatic N) is 2. The van der Waals surface area contributed by atoms with E-state index in [9.17, 15) is 4.79 Å². The maximum Gasteiger partial charge on any atom is 0.262 e.